The molecule has 38 heavy (non-hydrogen) atoms. The summed E-state index contributed by atoms with van der Waals surface area (Å²) in [6.45, 7) is 2.03. The van der Waals surface area contributed by atoms with Gasteiger partial charge in [-0.3, -0.25) is 19.4 Å². The van der Waals surface area contributed by atoms with E-state index in [-0.39, 0.29) is 30.4 Å². The van der Waals surface area contributed by atoms with Crippen molar-refractivity contribution in [2.24, 2.45) is 10.9 Å². The predicted octanol–water partition coefficient (Wildman–Crippen LogP) is 5.79. The molecule has 5 rings (SSSR count). The number of rotatable bonds is 6. The van der Waals surface area contributed by atoms with Gasteiger partial charge in [-0.15, -0.1) is 0 Å². The van der Waals surface area contributed by atoms with E-state index in [2.05, 4.69) is 24.3 Å². The van der Waals surface area contributed by atoms with E-state index < -0.39 is 17.9 Å². The highest BCUT2D eigenvalue weighted by Gasteiger charge is 2.46. The number of ketones is 1. The lowest BCUT2D eigenvalue weighted by molar-refractivity contribution is -0.138. The standard InChI is InChI=1S/C31H30N2O5/c1-19-10-12-20(13-11-19)22-17-25-30(27(34)18-22)31(21-6-5-7-23(16-21)38-2)33(28(35)14-15-29(36)37)26-9-4-3-8-24(26)32-25/h3-13,16,22,30-31H,14-15,17-18H2,1-2H3,(H,36,37). The van der Waals surface area contributed by atoms with E-state index in [1.54, 1.807) is 12.0 Å². The lowest BCUT2D eigenvalue weighted by Gasteiger charge is -2.39. The van der Waals surface area contributed by atoms with Crippen LogP contribution in [-0.4, -0.2) is 35.6 Å². The second-order valence-corrected chi connectivity index (χ2v) is 9.93. The number of para-hydroxylation sites is 2. The van der Waals surface area contributed by atoms with Gasteiger partial charge in [-0.2, -0.15) is 0 Å². The molecule has 3 unspecified atom stereocenters. The Hall–Kier alpha value is -4.26. The molecule has 7 heteroatoms. The maximum absolute atomic E-state index is 14.0. The van der Waals surface area contributed by atoms with Gasteiger partial charge in [0.1, 0.15) is 11.5 Å². The average Bonchev–Trinajstić information content (AvgIpc) is 3.07. The van der Waals surface area contributed by atoms with Crippen molar-refractivity contribution in [3.8, 4) is 5.75 Å². The minimum absolute atomic E-state index is 0.00881. The fourth-order valence-electron chi connectivity index (χ4n) is 5.56. The van der Waals surface area contributed by atoms with Crippen molar-refractivity contribution in [2.75, 3.05) is 12.0 Å². The van der Waals surface area contributed by atoms with Crippen LogP contribution in [0.2, 0.25) is 0 Å². The van der Waals surface area contributed by atoms with Crippen molar-refractivity contribution in [2.45, 2.75) is 44.6 Å². The van der Waals surface area contributed by atoms with E-state index in [4.69, 9.17) is 9.73 Å². The maximum atomic E-state index is 14.0. The lowest BCUT2D eigenvalue weighted by Crippen LogP contribution is -2.45. The van der Waals surface area contributed by atoms with Crippen LogP contribution in [-0.2, 0) is 14.4 Å². The van der Waals surface area contributed by atoms with Crippen molar-refractivity contribution in [3.05, 3.63) is 89.5 Å². The van der Waals surface area contributed by atoms with Crippen LogP contribution < -0.4 is 9.64 Å². The van der Waals surface area contributed by atoms with Crippen molar-refractivity contribution in [3.63, 3.8) is 0 Å². The number of hydrogen-bond acceptors (Lipinski definition) is 5. The van der Waals surface area contributed by atoms with Gasteiger partial charge >= 0.3 is 5.97 Å². The Morgan fingerprint density at radius 2 is 1.74 bits per heavy atom. The number of ether oxygens (including phenoxy) is 1. The number of carbonyl (C=O) groups excluding carboxylic acids is 2. The second-order valence-electron chi connectivity index (χ2n) is 9.93. The zero-order valence-electron chi connectivity index (χ0n) is 21.5. The minimum atomic E-state index is -1.05. The molecule has 3 aromatic rings. The Labute approximate surface area is 221 Å². The molecule has 1 fully saturated rings. The molecule has 1 aliphatic carbocycles. The number of anilines is 1. The number of Topliss-reactive ketones (excluding diaryl/α,β-unsaturated/α-hetero) is 1. The monoisotopic (exact) mass is 510 g/mol. The normalized spacial score (nSPS) is 20.6. The van der Waals surface area contributed by atoms with Crippen LogP contribution in [0.5, 0.6) is 5.75 Å². The lowest BCUT2D eigenvalue weighted by atomic mass is 9.72. The van der Waals surface area contributed by atoms with E-state index in [1.165, 1.54) is 0 Å². The predicted molar refractivity (Wildman–Crippen MR) is 145 cm³/mol. The van der Waals surface area contributed by atoms with E-state index >= 15 is 0 Å². The highest BCUT2D eigenvalue weighted by molar-refractivity contribution is 6.13. The highest BCUT2D eigenvalue weighted by Crippen LogP contribution is 2.48. The summed E-state index contributed by atoms with van der Waals surface area (Å²) in [6.07, 6.45) is 0.433. The number of fused-ring (bicyclic) bond motifs is 2. The van der Waals surface area contributed by atoms with E-state index in [1.807, 2.05) is 55.5 Å². The molecular weight excluding hydrogens is 480 g/mol. The summed E-state index contributed by atoms with van der Waals surface area (Å²) in [6, 6.07) is 22.3. The fourth-order valence-corrected chi connectivity index (χ4v) is 5.56. The third-order valence-electron chi connectivity index (χ3n) is 7.41. The number of amides is 1. The molecule has 194 valence electrons. The summed E-state index contributed by atoms with van der Waals surface area (Å²) >= 11 is 0. The first-order valence-corrected chi connectivity index (χ1v) is 12.8. The van der Waals surface area contributed by atoms with Crippen molar-refractivity contribution < 1.29 is 24.2 Å². The molecule has 0 bridgehead atoms. The van der Waals surface area contributed by atoms with Gasteiger partial charge in [0.15, 0.2) is 0 Å². The molecule has 3 atom stereocenters. The first-order chi connectivity index (χ1) is 18.4. The maximum Gasteiger partial charge on any atom is 0.303 e. The van der Waals surface area contributed by atoms with Crippen LogP contribution in [0.4, 0.5) is 11.4 Å². The largest absolute Gasteiger partial charge is 0.497 e. The number of methoxy groups -OCH3 is 1. The number of carboxylic acids is 1. The highest BCUT2D eigenvalue weighted by atomic mass is 16.5. The van der Waals surface area contributed by atoms with Crippen LogP contribution in [0.3, 0.4) is 0 Å². The van der Waals surface area contributed by atoms with Gasteiger partial charge in [0.2, 0.25) is 5.91 Å². The number of aliphatic imine (C=N–C) groups is 1. The van der Waals surface area contributed by atoms with Crippen LogP contribution in [0.25, 0.3) is 0 Å². The number of aryl methyl sites for hydroxylation is 1. The minimum Gasteiger partial charge on any atom is -0.497 e. The Morgan fingerprint density at radius 1 is 0.974 bits per heavy atom. The zero-order chi connectivity index (χ0) is 26.8. The molecule has 0 spiro atoms. The molecule has 0 saturated heterocycles. The fraction of sp³-hybridized carbons (Fsp3) is 0.290. The average molecular weight is 511 g/mol. The summed E-state index contributed by atoms with van der Waals surface area (Å²) in [5.74, 6) is -1.46. The first kappa shape index (κ1) is 25.4. The van der Waals surface area contributed by atoms with Crippen molar-refractivity contribution in [1.82, 2.24) is 0 Å². The number of aliphatic carboxylic acids is 1. The molecule has 1 aliphatic heterocycles. The Kier molecular flexibility index (Phi) is 7.09. The van der Waals surface area contributed by atoms with E-state index in [0.29, 0.717) is 30.0 Å². The van der Waals surface area contributed by atoms with Gasteiger partial charge in [-0.05, 0) is 54.7 Å². The number of benzene rings is 3. The Morgan fingerprint density at radius 3 is 2.47 bits per heavy atom. The number of hydrogen-bond donors (Lipinski definition) is 1. The van der Waals surface area contributed by atoms with E-state index in [9.17, 15) is 19.5 Å². The first-order valence-electron chi connectivity index (χ1n) is 12.8. The van der Waals surface area contributed by atoms with Gasteiger partial charge in [0.05, 0.1) is 36.9 Å². The molecule has 1 amide bonds. The third-order valence-corrected chi connectivity index (χ3v) is 7.41. The summed E-state index contributed by atoms with van der Waals surface area (Å²) in [7, 11) is 1.57. The number of carboxylic acid groups (broad SMARTS) is 1. The number of carbonyl (C=O) groups is 3. The van der Waals surface area contributed by atoms with Crippen LogP contribution >= 0.6 is 0 Å². The van der Waals surface area contributed by atoms with Gasteiger partial charge in [-0.1, -0.05) is 54.1 Å². The zero-order valence-corrected chi connectivity index (χ0v) is 21.5. The number of nitrogens with zero attached hydrogens (tertiary/aromatic N) is 2. The van der Waals surface area contributed by atoms with Crippen molar-refractivity contribution in [1.29, 1.82) is 0 Å². The van der Waals surface area contributed by atoms with Crippen LogP contribution in [0.15, 0.2) is 77.8 Å². The summed E-state index contributed by atoms with van der Waals surface area (Å²) in [5, 5.41) is 9.28. The molecule has 1 saturated carbocycles. The SMILES string of the molecule is COc1cccc(C2C3C(=O)CC(c4ccc(C)cc4)CC3=Nc3ccccc3N2C(=O)CCC(=O)O)c1. The molecule has 1 N–H and O–H groups in total. The van der Waals surface area contributed by atoms with Crippen LogP contribution in [0, 0.1) is 12.8 Å². The van der Waals surface area contributed by atoms with Crippen LogP contribution in [0.1, 0.15) is 54.3 Å². The second kappa shape index (κ2) is 10.6. The van der Waals surface area contributed by atoms with Gasteiger partial charge in [-0.25, -0.2) is 0 Å². The molecule has 0 radical (unpaired) electrons. The quantitative estimate of drug-likeness (QED) is 0.453. The molecular formula is C31H30N2O5. The topological polar surface area (TPSA) is 96.3 Å². The molecule has 0 aromatic heterocycles. The molecule has 7 nitrogen and oxygen atoms in total. The Bertz CT molecular complexity index is 1410. The molecule has 2 aliphatic rings. The van der Waals surface area contributed by atoms with Gasteiger partial charge in [0.25, 0.3) is 0 Å². The Balaban J connectivity index is 1.66. The summed E-state index contributed by atoms with van der Waals surface area (Å²) in [5.41, 5.74) is 4.89. The summed E-state index contributed by atoms with van der Waals surface area (Å²) in [4.78, 5) is 45.7. The van der Waals surface area contributed by atoms with Gasteiger partial charge < -0.3 is 14.7 Å². The smallest absolute Gasteiger partial charge is 0.303 e. The molecule has 3 aromatic carbocycles. The third kappa shape index (κ3) is 4.96. The van der Waals surface area contributed by atoms with E-state index in [0.717, 1.165) is 22.4 Å². The summed E-state index contributed by atoms with van der Waals surface area (Å²) < 4.78 is 5.47. The molecule has 1 heterocycles. The van der Waals surface area contributed by atoms with Gasteiger partial charge in [0, 0.05) is 18.6 Å². The van der Waals surface area contributed by atoms with Crippen molar-refractivity contribution >= 4 is 34.7 Å².